The molecule has 3 heteroatoms. The Balaban J connectivity index is 1.78. The third-order valence-electron chi connectivity index (χ3n) is 6.23. The first-order valence-corrected chi connectivity index (χ1v) is 9.26. The molecular formula is C18H32N2O. The van der Waals surface area contributed by atoms with Gasteiger partial charge in [0.1, 0.15) is 5.54 Å². The lowest BCUT2D eigenvalue weighted by molar-refractivity contribution is -0.149. The molecule has 1 amide bonds. The average Bonchev–Trinajstić information content (AvgIpc) is 3.09. The molecule has 3 fully saturated rings. The first-order valence-electron chi connectivity index (χ1n) is 9.26. The number of carbonyl (C=O) groups excluding carboxylic acids is 1. The van der Waals surface area contributed by atoms with Crippen molar-refractivity contribution in [2.24, 2.45) is 0 Å². The van der Waals surface area contributed by atoms with Crippen LogP contribution < -0.4 is 0 Å². The zero-order valence-corrected chi connectivity index (χ0v) is 13.8. The van der Waals surface area contributed by atoms with E-state index in [0.717, 1.165) is 25.9 Å². The summed E-state index contributed by atoms with van der Waals surface area (Å²) in [6.45, 7) is 2.29. The number of rotatable bonds is 3. The van der Waals surface area contributed by atoms with Crippen LogP contribution >= 0.6 is 0 Å². The molecule has 0 aromatic heterocycles. The third kappa shape index (κ3) is 2.99. The van der Waals surface area contributed by atoms with Crippen molar-refractivity contribution >= 4 is 5.91 Å². The van der Waals surface area contributed by atoms with E-state index in [-0.39, 0.29) is 5.54 Å². The largest absolute Gasteiger partial charge is 0.341 e. The molecule has 3 rings (SSSR count). The second-order valence-electron chi connectivity index (χ2n) is 7.49. The predicted octanol–water partition coefficient (Wildman–Crippen LogP) is 3.58. The molecule has 0 bridgehead atoms. The average molecular weight is 292 g/mol. The van der Waals surface area contributed by atoms with E-state index in [1.165, 1.54) is 64.2 Å². The maximum absolute atomic E-state index is 13.4. The van der Waals surface area contributed by atoms with Crippen molar-refractivity contribution in [2.75, 3.05) is 20.1 Å². The van der Waals surface area contributed by atoms with Gasteiger partial charge in [0, 0.05) is 13.1 Å². The molecule has 0 spiro atoms. The highest BCUT2D eigenvalue weighted by atomic mass is 16.2. The minimum absolute atomic E-state index is 0.143. The van der Waals surface area contributed by atoms with Gasteiger partial charge < -0.3 is 4.90 Å². The van der Waals surface area contributed by atoms with Gasteiger partial charge in [-0.15, -0.1) is 0 Å². The topological polar surface area (TPSA) is 23.6 Å². The molecule has 0 unspecified atom stereocenters. The van der Waals surface area contributed by atoms with Gasteiger partial charge in [0.25, 0.3) is 0 Å². The molecule has 0 aromatic rings. The van der Waals surface area contributed by atoms with Crippen LogP contribution in [-0.2, 0) is 4.79 Å². The second kappa shape index (κ2) is 6.68. The quantitative estimate of drug-likeness (QED) is 0.794. The zero-order chi connectivity index (χ0) is 14.7. The normalized spacial score (nSPS) is 27.7. The number of likely N-dealkylation sites (tertiary alicyclic amines) is 1. The van der Waals surface area contributed by atoms with Crippen LogP contribution in [-0.4, -0.2) is 47.4 Å². The lowest BCUT2D eigenvalue weighted by atomic mass is 9.78. The maximum atomic E-state index is 13.4. The van der Waals surface area contributed by atoms with Gasteiger partial charge in [-0.1, -0.05) is 38.5 Å². The van der Waals surface area contributed by atoms with Crippen LogP contribution in [0, 0.1) is 0 Å². The molecule has 0 radical (unpaired) electrons. The van der Waals surface area contributed by atoms with Gasteiger partial charge >= 0.3 is 0 Å². The fourth-order valence-electron chi connectivity index (χ4n) is 4.91. The summed E-state index contributed by atoms with van der Waals surface area (Å²) in [5, 5.41) is 0. The van der Waals surface area contributed by atoms with Crippen molar-refractivity contribution in [2.45, 2.75) is 88.6 Å². The molecule has 0 N–H and O–H groups in total. The van der Waals surface area contributed by atoms with Gasteiger partial charge in [-0.05, 0) is 51.6 Å². The Bertz CT molecular complexity index is 350. The highest BCUT2D eigenvalue weighted by molar-refractivity contribution is 5.86. The Morgan fingerprint density at radius 3 is 2.10 bits per heavy atom. The van der Waals surface area contributed by atoms with Crippen molar-refractivity contribution < 1.29 is 4.79 Å². The number of nitrogens with zero attached hydrogens (tertiary/aromatic N) is 2. The fraction of sp³-hybridized carbons (Fsp3) is 0.944. The van der Waals surface area contributed by atoms with Gasteiger partial charge in [0.2, 0.25) is 5.91 Å². The van der Waals surface area contributed by atoms with Crippen LogP contribution in [0.4, 0.5) is 0 Å². The molecule has 1 heterocycles. The molecular weight excluding hydrogens is 260 g/mol. The fourth-order valence-corrected chi connectivity index (χ4v) is 4.91. The molecule has 2 aliphatic carbocycles. The lowest BCUT2D eigenvalue weighted by Crippen LogP contribution is -2.62. The monoisotopic (exact) mass is 292 g/mol. The van der Waals surface area contributed by atoms with E-state index in [2.05, 4.69) is 16.8 Å². The van der Waals surface area contributed by atoms with Gasteiger partial charge in [0.15, 0.2) is 0 Å². The SMILES string of the molecule is CN(C(=O)C1(N2CCCCC2)CCCCC1)C1CCCC1. The smallest absolute Gasteiger partial charge is 0.243 e. The van der Waals surface area contributed by atoms with Crippen LogP contribution in [0.2, 0.25) is 0 Å². The van der Waals surface area contributed by atoms with E-state index in [0.29, 0.717) is 11.9 Å². The molecule has 1 saturated heterocycles. The summed E-state index contributed by atoms with van der Waals surface area (Å²) in [5.41, 5.74) is -0.143. The summed E-state index contributed by atoms with van der Waals surface area (Å²) < 4.78 is 0. The molecule has 0 aromatic carbocycles. The Kier molecular flexibility index (Phi) is 4.88. The Labute approximate surface area is 130 Å². The molecule has 3 nitrogen and oxygen atoms in total. The van der Waals surface area contributed by atoms with Crippen LogP contribution in [0.3, 0.4) is 0 Å². The van der Waals surface area contributed by atoms with Gasteiger partial charge in [-0.25, -0.2) is 0 Å². The van der Waals surface area contributed by atoms with E-state index < -0.39 is 0 Å². The van der Waals surface area contributed by atoms with E-state index in [9.17, 15) is 4.79 Å². The van der Waals surface area contributed by atoms with Crippen molar-refractivity contribution in [1.82, 2.24) is 9.80 Å². The molecule has 120 valence electrons. The van der Waals surface area contributed by atoms with Crippen LogP contribution in [0.5, 0.6) is 0 Å². The summed E-state index contributed by atoms with van der Waals surface area (Å²) in [6.07, 6.45) is 14.9. The Morgan fingerprint density at radius 2 is 1.48 bits per heavy atom. The summed E-state index contributed by atoms with van der Waals surface area (Å²) in [4.78, 5) is 18.1. The van der Waals surface area contributed by atoms with Crippen molar-refractivity contribution in [3.63, 3.8) is 0 Å². The van der Waals surface area contributed by atoms with Gasteiger partial charge in [-0.3, -0.25) is 9.69 Å². The Morgan fingerprint density at radius 1 is 0.905 bits per heavy atom. The maximum Gasteiger partial charge on any atom is 0.243 e. The summed E-state index contributed by atoms with van der Waals surface area (Å²) >= 11 is 0. The van der Waals surface area contributed by atoms with E-state index in [1.807, 2.05) is 0 Å². The minimum Gasteiger partial charge on any atom is -0.341 e. The van der Waals surface area contributed by atoms with E-state index in [1.54, 1.807) is 0 Å². The number of hydrogen-bond acceptors (Lipinski definition) is 2. The van der Waals surface area contributed by atoms with Crippen LogP contribution in [0.15, 0.2) is 0 Å². The number of amides is 1. The summed E-state index contributed by atoms with van der Waals surface area (Å²) in [7, 11) is 2.08. The van der Waals surface area contributed by atoms with E-state index >= 15 is 0 Å². The molecule has 21 heavy (non-hydrogen) atoms. The van der Waals surface area contributed by atoms with E-state index in [4.69, 9.17) is 0 Å². The summed E-state index contributed by atoms with van der Waals surface area (Å²) in [5.74, 6) is 0.455. The second-order valence-corrected chi connectivity index (χ2v) is 7.49. The zero-order valence-electron chi connectivity index (χ0n) is 13.8. The minimum atomic E-state index is -0.143. The lowest BCUT2D eigenvalue weighted by Gasteiger charge is -2.49. The highest BCUT2D eigenvalue weighted by Crippen LogP contribution is 2.38. The first kappa shape index (κ1) is 15.3. The number of likely N-dealkylation sites (N-methyl/N-ethyl adjacent to an activating group) is 1. The van der Waals surface area contributed by atoms with Crippen molar-refractivity contribution in [1.29, 1.82) is 0 Å². The third-order valence-corrected chi connectivity index (χ3v) is 6.23. The predicted molar refractivity (Wildman–Crippen MR) is 86.3 cm³/mol. The number of carbonyl (C=O) groups is 1. The van der Waals surface area contributed by atoms with Crippen LogP contribution in [0.1, 0.15) is 77.0 Å². The highest BCUT2D eigenvalue weighted by Gasteiger charge is 2.47. The van der Waals surface area contributed by atoms with Crippen LogP contribution in [0.25, 0.3) is 0 Å². The van der Waals surface area contributed by atoms with Gasteiger partial charge in [0.05, 0.1) is 0 Å². The Hall–Kier alpha value is -0.570. The molecule has 0 atom stereocenters. The standard InChI is InChI=1S/C18H32N2O/c1-19(16-10-4-5-11-16)17(21)18(12-6-2-7-13-18)20-14-8-3-9-15-20/h16H,2-15H2,1H3. The van der Waals surface area contributed by atoms with Gasteiger partial charge in [-0.2, -0.15) is 0 Å². The molecule has 1 aliphatic heterocycles. The molecule has 2 saturated carbocycles. The van der Waals surface area contributed by atoms with Crippen molar-refractivity contribution in [3.8, 4) is 0 Å². The molecule has 3 aliphatic rings. The number of hydrogen-bond donors (Lipinski definition) is 0. The summed E-state index contributed by atoms with van der Waals surface area (Å²) in [6, 6.07) is 0.515. The van der Waals surface area contributed by atoms with Crippen molar-refractivity contribution in [3.05, 3.63) is 0 Å². The number of piperidine rings is 1. The first-order chi connectivity index (χ1) is 10.2.